The molecule has 0 aliphatic heterocycles. The Morgan fingerprint density at radius 2 is 2.21 bits per heavy atom. The van der Waals surface area contributed by atoms with E-state index in [-0.39, 0.29) is 0 Å². The Kier molecular flexibility index (Phi) is 5.43. The molecular formula is C13H21B. The molecule has 0 aromatic rings. The molecule has 0 saturated heterocycles. The van der Waals surface area contributed by atoms with E-state index in [9.17, 15) is 0 Å². The van der Waals surface area contributed by atoms with E-state index in [1.807, 2.05) is 0 Å². The first-order valence-corrected chi connectivity index (χ1v) is 5.81. The van der Waals surface area contributed by atoms with Gasteiger partial charge in [-0.3, -0.25) is 0 Å². The lowest BCUT2D eigenvalue weighted by Gasteiger charge is -2.18. The zero-order valence-electron chi connectivity index (χ0n) is 9.28. The highest BCUT2D eigenvalue weighted by atomic mass is 14.1. The third-order valence-electron chi connectivity index (χ3n) is 3.05. The van der Waals surface area contributed by atoms with Gasteiger partial charge < -0.3 is 0 Å². The van der Waals surface area contributed by atoms with E-state index in [0.29, 0.717) is 5.92 Å². The van der Waals surface area contributed by atoms with E-state index < -0.39 is 0 Å². The average molecular weight is 188 g/mol. The van der Waals surface area contributed by atoms with Crippen LogP contribution >= 0.6 is 0 Å². The number of rotatable bonds is 2. The summed E-state index contributed by atoms with van der Waals surface area (Å²) in [6.45, 7) is 3.91. The van der Waals surface area contributed by atoms with Gasteiger partial charge in [0, 0.05) is 0 Å². The van der Waals surface area contributed by atoms with Gasteiger partial charge in [-0.25, -0.2) is 0 Å². The SMILES string of the molecule is BCC1CCC=CCC=CC(C=C)C1. The fourth-order valence-corrected chi connectivity index (χ4v) is 2.00. The van der Waals surface area contributed by atoms with Crippen molar-refractivity contribution in [1.82, 2.24) is 0 Å². The van der Waals surface area contributed by atoms with Gasteiger partial charge >= 0.3 is 0 Å². The zero-order valence-corrected chi connectivity index (χ0v) is 9.28. The lowest BCUT2D eigenvalue weighted by Crippen LogP contribution is -2.05. The van der Waals surface area contributed by atoms with E-state index in [0.717, 1.165) is 12.3 Å². The molecule has 14 heavy (non-hydrogen) atoms. The van der Waals surface area contributed by atoms with Crippen molar-refractivity contribution in [3.05, 3.63) is 37.0 Å². The Hall–Kier alpha value is -0.715. The predicted molar refractivity (Wildman–Crippen MR) is 67.3 cm³/mol. The summed E-state index contributed by atoms with van der Waals surface area (Å²) < 4.78 is 0. The van der Waals surface area contributed by atoms with E-state index in [1.54, 1.807) is 0 Å². The van der Waals surface area contributed by atoms with E-state index in [4.69, 9.17) is 0 Å². The number of allylic oxidation sites excluding steroid dienone is 5. The van der Waals surface area contributed by atoms with Crippen molar-refractivity contribution in [2.24, 2.45) is 11.8 Å². The summed E-state index contributed by atoms with van der Waals surface area (Å²) in [5, 5.41) is 0. The molecule has 0 bridgehead atoms. The van der Waals surface area contributed by atoms with Crippen molar-refractivity contribution in [3.8, 4) is 0 Å². The van der Waals surface area contributed by atoms with E-state index in [2.05, 4.69) is 44.8 Å². The molecular weight excluding hydrogens is 167 g/mol. The molecule has 0 nitrogen and oxygen atoms in total. The molecule has 0 aromatic carbocycles. The minimum absolute atomic E-state index is 0.589. The van der Waals surface area contributed by atoms with Gasteiger partial charge in [0.25, 0.3) is 0 Å². The van der Waals surface area contributed by atoms with Crippen molar-refractivity contribution >= 4 is 7.85 Å². The van der Waals surface area contributed by atoms with Crippen LogP contribution in [0.2, 0.25) is 6.32 Å². The first kappa shape index (κ1) is 11.4. The van der Waals surface area contributed by atoms with Gasteiger partial charge in [-0.1, -0.05) is 36.7 Å². The smallest absolute Gasteiger partial charge is 0.101 e. The second-order valence-electron chi connectivity index (χ2n) is 4.12. The standard InChI is InChI=1S/C13H21B/c1-2-12-8-6-4-3-5-7-9-13(10-12)11-14/h2-3,5-6,8,12-13H,1,4,7,9-11,14H2. The molecule has 0 spiro atoms. The lowest BCUT2D eigenvalue weighted by molar-refractivity contribution is 0.461. The van der Waals surface area contributed by atoms with Crippen LogP contribution < -0.4 is 0 Å². The Morgan fingerprint density at radius 3 is 2.93 bits per heavy atom. The first-order valence-electron chi connectivity index (χ1n) is 5.81. The van der Waals surface area contributed by atoms with Crippen LogP contribution in [-0.2, 0) is 0 Å². The Bertz CT molecular complexity index is 215. The van der Waals surface area contributed by atoms with Crippen molar-refractivity contribution < 1.29 is 0 Å². The number of hydrogen-bond acceptors (Lipinski definition) is 0. The van der Waals surface area contributed by atoms with Gasteiger partial charge in [0.15, 0.2) is 0 Å². The Balaban J connectivity index is 2.58. The summed E-state index contributed by atoms with van der Waals surface area (Å²) in [5.74, 6) is 1.46. The van der Waals surface area contributed by atoms with Crippen LogP contribution in [0, 0.1) is 11.8 Å². The molecule has 0 heterocycles. The molecule has 0 radical (unpaired) electrons. The van der Waals surface area contributed by atoms with Crippen LogP contribution in [-0.4, -0.2) is 7.85 Å². The quantitative estimate of drug-likeness (QED) is 0.461. The molecule has 0 amide bonds. The Labute approximate surface area is 89.2 Å². The minimum atomic E-state index is 0.589. The predicted octanol–water partition coefficient (Wildman–Crippen LogP) is 3.14. The summed E-state index contributed by atoms with van der Waals surface area (Å²) in [7, 11) is 2.30. The van der Waals surface area contributed by atoms with Crippen LogP contribution in [0.4, 0.5) is 0 Å². The summed E-state index contributed by atoms with van der Waals surface area (Å²) in [4.78, 5) is 0. The number of hydrogen-bond donors (Lipinski definition) is 0. The largest absolute Gasteiger partial charge is 0.102 e. The Morgan fingerprint density at radius 1 is 1.36 bits per heavy atom. The van der Waals surface area contributed by atoms with Crippen molar-refractivity contribution in [2.45, 2.75) is 32.0 Å². The second-order valence-corrected chi connectivity index (χ2v) is 4.12. The van der Waals surface area contributed by atoms with Gasteiger partial charge in [0.1, 0.15) is 7.85 Å². The van der Waals surface area contributed by atoms with Crippen LogP contribution in [0.15, 0.2) is 37.0 Å². The maximum absolute atomic E-state index is 3.91. The maximum Gasteiger partial charge on any atom is 0.101 e. The highest BCUT2D eigenvalue weighted by Gasteiger charge is 2.10. The zero-order chi connectivity index (χ0) is 10.2. The maximum atomic E-state index is 3.91. The highest BCUT2D eigenvalue weighted by Crippen LogP contribution is 2.23. The fourth-order valence-electron chi connectivity index (χ4n) is 2.00. The van der Waals surface area contributed by atoms with Crippen LogP contribution in [0.25, 0.3) is 0 Å². The van der Waals surface area contributed by atoms with Crippen LogP contribution in [0.5, 0.6) is 0 Å². The highest BCUT2D eigenvalue weighted by molar-refractivity contribution is 6.08. The summed E-state index contributed by atoms with van der Waals surface area (Å²) in [6.07, 6.45) is 17.5. The van der Waals surface area contributed by atoms with Crippen LogP contribution in [0.1, 0.15) is 25.7 Å². The normalized spacial score (nSPS) is 28.6. The van der Waals surface area contributed by atoms with Gasteiger partial charge in [-0.05, 0) is 37.5 Å². The molecule has 1 aliphatic carbocycles. The molecule has 0 aromatic heterocycles. The molecule has 0 saturated carbocycles. The molecule has 0 fully saturated rings. The monoisotopic (exact) mass is 188 g/mol. The summed E-state index contributed by atoms with van der Waals surface area (Å²) in [5.41, 5.74) is 0. The summed E-state index contributed by atoms with van der Waals surface area (Å²) in [6, 6.07) is 0. The molecule has 2 unspecified atom stereocenters. The van der Waals surface area contributed by atoms with Crippen molar-refractivity contribution in [1.29, 1.82) is 0 Å². The lowest BCUT2D eigenvalue weighted by atomic mass is 9.81. The molecule has 0 N–H and O–H groups in total. The third kappa shape index (κ3) is 4.00. The fraction of sp³-hybridized carbons (Fsp3) is 0.538. The second kappa shape index (κ2) is 6.70. The van der Waals surface area contributed by atoms with Crippen molar-refractivity contribution in [3.63, 3.8) is 0 Å². The molecule has 76 valence electrons. The molecule has 2 atom stereocenters. The van der Waals surface area contributed by atoms with Gasteiger partial charge in [-0.2, -0.15) is 0 Å². The third-order valence-corrected chi connectivity index (χ3v) is 3.05. The summed E-state index contributed by atoms with van der Waals surface area (Å²) >= 11 is 0. The van der Waals surface area contributed by atoms with E-state index in [1.165, 1.54) is 25.6 Å². The van der Waals surface area contributed by atoms with Gasteiger partial charge in [0.05, 0.1) is 0 Å². The van der Waals surface area contributed by atoms with Crippen LogP contribution in [0.3, 0.4) is 0 Å². The molecule has 1 heteroatoms. The topological polar surface area (TPSA) is 0 Å². The molecule has 1 aliphatic rings. The van der Waals surface area contributed by atoms with Gasteiger partial charge in [-0.15, -0.1) is 6.58 Å². The first-order chi connectivity index (χ1) is 6.86. The molecule has 1 rings (SSSR count). The van der Waals surface area contributed by atoms with Gasteiger partial charge in [0.2, 0.25) is 0 Å². The minimum Gasteiger partial charge on any atom is -0.102 e. The average Bonchev–Trinajstić information content (AvgIpc) is 2.25. The van der Waals surface area contributed by atoms with E-state index >= 15 is 0 Å². The van der Waals surface area contributed by atoms with Crippen molar-refractivity contribution in [2.75, 3.05) is 0 Å².